The van der Waals surface area contributed by atoms with Gasteiger partial charge in [0.25, 0.3) is 5.91 Å². The summed E-state index contributed by atoms with van der Waals surface area (Å²) in [4.78, 5) is 12.3. The fourth-order valence-corrected chi connectivity index (χ4v) is 2.54. The van der Waals surface area contributed by atoms with Gasteiger partial charge in [-0.15, -0.1) is 0 Å². The van der Waals surface area contributed by atoms with Crippen molar-refractivity contribution < 1.29 is 9.90 Å². The summed E-state index contributed by atoms with van der Waals surface area (Å²) in [6.45, 7) is 10.1. The van der Waals surface area contributed by atoms with Gasteiger partial charge in [0, 0.05) is 5.56 Å². The third kappa shape index (κ3) is 4.35. The molecule has 1 rings (SSSR count). The summed E-state index contributed by atoms with van der Waals surface area (Å²) in [5, 5.41) is 12.3. The number of carbonyl (C=O) groups excluding carboxylic acids is 1. The molecular weight excluding hydrogens is 238 g/mol. The zero-order valence-electron chi connectivity index (χ0n) is 12.6. The summed E-state index contributed by atoms with van der Waals surface area (Å²) in [7, 11) is 0. The molecule has 0 heterocycles. The van der Waals surface area contributed by atoms with Crippen LogP contribution in [0.4, 0.5) is 0 Å². The number of hydrogen-bond acceptors (Lipinski definition) is 2. The van der Waals surface area contributed by atoms with Crippen LogP contribution in [0.15, 0.2) is 12.1 Å². The number of aliphatic hydroxyl groups excluding tert-OH is 1. The molecule has 0 saturated carbocycles. The molecular formula is C16H25NO2. The molecule has 2 N–H and O–H groups in total. The minimum atomic E-state index is -0.174. The molecule has 0 spiro atoms. The number of nitrogens with one attached hydrogen (secondary N) is 1. The van der Waals surface area contributed by atoms with Crippen LogP contribution >= 0.6 is 0 Å². The van der Waals surface area contributed by atoms with Gasteiger partial charge >= 0.3 is 0 Å². The number of benzene rings is 1. The van der Waals surface area contributed by atoms with Crippen LogP contribution in [0.25, 0.3) is 0 Å². The summed E-state index contributed by atoms with van der Waals surface area (Å²) < 4.78 is 0. The van der Waals surface area contributed by atoms with Crippen LogP contribution in [0.1, 0.15) is 47.3 Å². The average molecular weight is 263 g/mol. The van der Waals surface area contributed by atoms with Gasteiger partial charge in [-0.2, -0.15) is 0 Å². The Balaban J connectivity index is 2.89. The van der Waals surface area contributed by atoms with Crippen molar-refractivity contribution in [2.24, 2.45) is 5.92 Å². The monoisotopic (exact) mass is 263 g/mol. The van der Waals surface area contributed by atoms with Crippen molar-refractivity contribution in [2.75, 3.05) is 6.61 Å². The van der Waals surface area contributed by atoms with Gasteiger partial charge in [-0.1, -0.05) is 31.5 Å². The smallest absolute Gasteiger partial charge is 0.252 e. The first-order chi connectivity index (χ1) is 8.85. The van der Waals surface area contributed by atoms with Crippen LogP contribution < -0.4 is 5.32 Å². The molecule has 19 heavy (non-hydrogen) atoms. The second-order valence-corrected chi connectivity index (χ2v) is 5.76. The van der Waals surface area contributed by atoms with E-state index < -0.39 is 0 Å². The maximum atomic E-state index is 12.3. The minimum Gasteiger partial charge on any atom is -0.394 e. The average Bonchev–Trinajstić information content (AvgIpc) is 2.25. The van der Waals surface area contributed by atoms with Crippen molar-refractivity contribution >= 4 is 5.91 Å². The first-order valence-electron chi connectivity index (χ1n) is 6.84. The van der Waals surface area contributed by atoms with E-state index >= 15 is 0 Å². The highest BCUT2D eigenvalue weighted by Crippen LogP contribution is 2.17. The van der Waals surface area contributed by atoms with Crippen molar-refractivity contribution in [1.82, 2.24) is 5.32 Å². The van der Waals surface area contributed by atoms with Gasteiger partial charge in [-0.3, -0.25) is 4.79 Å². The van der Waals surface area contributed by atoms with Crippen molar-refractivity contribution in [3.63, 3.8) is 0 Å². The zero-order valence-corrected chi connectivity index (χ0v) is 12.6. The molecule has 0 aliphatic rings. The van der Waals surface area contributed by atoms with E-state index in [9.17, 15) is 9.90 Å². The number of amides is 1. The molecule has 0 radical (unpaired) electrons. The van der Waals surface area contributed by atoms with Crippen LogP contribution in [0.2, 0.25) is 0 Å². The molecule has 1 unspecified atom stereocenters. The number of rotatable bonds is 5. The Labute approximate surface area is 116 Å². The molecule has 0 aromatic heterocycles. The summed E-state index contributed by atoms with van der Waals surface area (Å²) in [6, 6.07) is 3.85. The van der Waals surface area contributed by atoms with Gasteiger partial charge in [0.15, 0.2) is 0 Å². The van der Waals surface area contributed by atoms with Gasteiger partial charge in [-0.05, 0) is 44.2 Å². The second-order valence-electron chi connectivity index (χ2n) is 5.76. The van der Waals surface area contributed by atoms with Gasteiger partial charge < -0.3 is 10.4 Å². The lowest BCUT2D eigenvalue weighted by Gasteiger charge is -2.20. The molecule has 1 amide bonds. The number of hydrogen-bond donors (Lipinski definition) is 2. The Morgan fingerprint density at radius 3 is 2.16 bits per heavy atom. The van der Waals surface area contributed by atoms with Crippen molar-refractivity contribution in [3.05, 3.63) is 34.4 Å². The molecule has 0 fully saturated rings. The van der Waals surface area contributed by atoms with Gasteiger partial charge in [0.2, 0.25) is 0 Å². The Bertz CT molecular complexity index is 429. The molecule has 1 aromatic carbocycles. The quantitative estimate of drug-likeness (QED) is 0.858. The van der Waals surface area contributed by atoms with Crippen LogP contribution in [-0.4, -0.2) is 23.7 Å². The van der Waals surface area contributed by atoms with Crippen LogP contribution in [0.5, 0.6) is 0 Å². The van der Waals surface area contributed by atoms with E-state index in [-0.39, 0.29) is 18.6 Å². The van der Waals surface area contributed by atoms with E-state index in [2.05, 4.69) is 19.2 Å². The van der Waals surface area contributed by atoms with Crippen LogP contribution in [-0.2, 0) is 0 Å². The van der Waals surface area contributed by atoms with E-state index in [0.717, 1.165) is 28.7 Å². The third-order valence-electron chi connectivity index (χ3n) is 3.22. The first-order valence-corrected chi connectivity index (χ1v) is 6.84. The highest BCUT2D eigenvalue weighted by molar-refractivity contribution is 5.97. The molecule has 1 atom stereocenters. The lowest BCUT2D eigenvalue weighted by Crippen LogP contribution is -2.39. The third-order valence-corrected chi connectivity index (χ3v) is 3.22. The van der Waals surface area contributed by atoms with E-state index in [1.165, 1.54) is 0 Å². The summed E-state index contributed by atoms with van der Waals surface area (Å²) >= 11 is 0. The highest BCUT2D eigenvalue weighted by atomic mass is 16.3. The Hall–Kier alpha value is -1.35. The fraction of sp³-hybridized carbons (Fsp3) is 0.562. The van der Waals surface area contributed by atoms with Crippen molar-refractivity contribution in [1.29, 1.82) is 0 Å². The minimum absolute atomic E-state index is 0.0200. The molecule has 0 aliphatic heterocycles. The fourth-order valence-electron chi connectivity index (χ4n) is 2.54. The Kier molecular flexibility index (Phi) is 5.55. The largest absolute Gasteiger partial charge is 0.394 e. The molecule has 106 valence electrons. The normalized spacial score (nSPS) is 12.6. The number of aliphatic hydroxyl groups is 1. The lowest BCUT2D eigenvalue weighted by atomic mass is 9.98. The zero-order chi connectivity index (χ0) is 14.6. The highest BCUT2D eigenvalue weighted by Gasteiger charge is 2.17. The van der Waals surface area contributed by atoms with Gasteiger partial charge in [0.1, 0.15) is 0 Å². The van der Waals surface area contributed by atoms with E-state index in [4.69, 9.17) is 0 Å². The maximum Gasteiger partial charge on any atom is 0.252 e. The predicted molar refractivity (Wildman–Crippen MR) is 78.4 cm³/mol. The topological polar surface area (TPSA) is 49.3 Å². The van der Waals surface area contributed by atoms with Crippen LogP contribution in [0.3, 0.4) is 0 Å². The Morgan fingerprint density at radius 1 is 1.21 bits per heavy atom. The summed E-state index contributed by atoms with van der Waals surface area (Å²) in [5.74, 6) is 0.354. The van der Waals surface area contributed by atoms with Gasteiger partial charge in [-0.25, -0.2) is 0 Å². The molecule has 3 heteroatoms. The second kappa shape index (κ2) is 6.71. The maximum absolute atomic E-state index is 12.3. The van der Waals surface area contributed by atoms with Crippen molar-refractivity contribution in [2.45, 2.75) is 47.1 Å². The van der Waals surface area contributed by atoms with Crippen LogP contribution in [0, 0.1) is 26.7 Å². The molecule has 3 nitrogen and oxygen atoms in total. The van der Waals surface area contributed by atoms with E-state index in [0.29, 0.717) is 5.92 Å². The first kappa shape index (κ1) is 15.7. The van der Waals surface area contributed by atoms with E-state index in [1.54, 1.807) is 0 Å². The predicted octanol–water partition coefficient (Wildman–Crippen LogP) is 2.75. The van der Waals surface area contributed by atoms with Crippen molar-refractivity contribution in [3.8, 4) is 0 Å². The molecule has 0 aliphatic carbocycles. The Morgan fingerprint density at radius 2 is 1.74 bits per heavy atom. The summed E-state index contributed by atoms with van der Waals surface area (Å²) in [6.07, 6.45) is 0.784. The standard InChI is InChI=1S/C16H25NO2/c1-10(2)6-14(9-18)17-16(19)15-12(4)7-11(3)8-13(15)5/h7-8,10,14,18H,6,9H2,1-5H3,(H,17,19). The number of carbonyl (C=O) groups is 1. The van der Waals surface area contributed by atoms with E-state index in [1.807, 2.05) is 32.9 Å². The SMILES string of the molecule is Cc1cc(C)c(C(=O)NC(CO)CC(C)C)c(C)c1. The lowest BCUT2D eigenvalue weighted by molar-refractivity contribution is 0.0907. The molecule has 0 bridgehead atoms. The number of aryl methyl sites for hydroxylation is 3. The summed E-state index contributed by atoms with van der Waals surface area (Å²) in [5.41, 5.74) is 3.85. The molecule has 0 saturated heterocycles. The molecule has 1 aromatic rings. The van der Waals surface area contributed by atoms with Gasteiger partial charge in [0.05, 0.1) is 12.6 Å².